The van der Waals surface area contributed by atoms with Crippen LogP contribution in [0.3, 0.4) is 0 Å². The summed E-state index contributed by atoms with van der Waals surface area (Å²) < 4.78 is 19.2. The number of halogens is 1. The first-order chi connectivity index (χ1) is 10.9. The Morgan fingerprint density at radius 1 is 1.39 bits per heavy atom. The van der Waals surface area contributed by atoms with E-state index in [0.717, 1.165) is 31.5 Å². The summed E-state index contributed by atoms with van der Waals surface area (Å²) in [5.41, 5.74) is 6.80. The predicted molar refractivity (Wildman–Crippen MR) is 87.4 cm³/mol. The molecule has 0 atom stereocenters. The number of nitrogens with two attached hydrogens (primary N) is 1. The first kappa shape index (κ1) is 16.2. The number of hydrogen-bond donors (Lipinski definition) is 1. The number of hydrogen-bond acceptors (Lipinski definition) is 4. The number of anilines is 1. The molecule has 0 amide bonds. The maximum atomic E-state index is 13.9. The highest BCUT2D eigenvalue weighted by Gasteiger charge is 2.43. The van der Waals surface area contributed by atoms with Gasteiger partial charge in [-0.1, -0.05) is 19.9 Å². The molecule has 2 aliphatic rings. The highest BCUT2D eigenvalue weighted by atomic mass is 19.1. The lowest BCUT2D eigenvalue weighted by molar-refractivity contribution is -0.156. The van der Waals surface area contributed by atoms with Crippen LogP contribution >= 0.6 is 0 Å². The number of esters is 1. The zero-order chi connectivity index (χ0) is 16.6. The van der Waals surface area contributed by atoms with Gasteiger partial charge in [0.1, 0.15) is 5.82 Å². The summed E-state index contributed by atoms with van der Waals surface area (Å²) in [6.45, 7) is 6.29. The Balaban J connectivity index is 1.42. The van der Waals surface area contributed by atoms with Crippen molar-refractivity contribution in [1.29, 1.82) is 0 Å². The molecule has 4 nitrogen and oxygen atoms in total. The van der Waals surface area contributed by atoms with Gasteiger partial charge in [0.15, 0.2) is 0 Å². The van der Waals surface area contributed by atoms with Gasteiger partial charge in [0.25, 0.3) is 0 Å². The van der Waals surface area contributed by atoms with Gasteiger partial charge in [0, 0.05) is 30.7 Å². The zero-order valence-corrected chi connectivity index (χ0v) is 13.8. The SMILES string of the molecule is CC(C)COC(=O)C1CC(N2CC(c3ccc(N)cc3F)C2)C1. The minimum Gasteiger partial charge on any atom is -0.465 e. The quantitative estimate of drug-likeness (QED) is 0.669. The molecule has 23 heavy (non-hydrogen) atoms. The van der Waals surface area contributed by atoms with Crippen molar-refractivity contribution in [2.24, 2.45) is 11.8 Å². The van der Waals surface area contributed by atoms with Crippen LogP contribution in [0, 0.1) is 17.7 Å². The van der Waals surface area contributed by atoms with Crippen LogP contribution in [0.4, 0.5) is 10.1 Å². The van der Waals surface area contributed by atoms with E-state index in [0.29, 0.717) is 24.3 Å². The second kappa shape index (κ2) is 6.48. The topological polar surface area (TPSA) is 55.6 Å². The molecule has 0 aromatic heterocycles. The van der Waals surface area contributed by atoms with E-state index in [1.165, 1.54) is 6.07 Å². The van der Waals surface area contributed by atoms with Gasteiger partial charge < -0.3 is 10.5 Å². The summed E-state index contributed by atoms with van der Waals surface area (Å²) in [5, 5.41) is 0. The van der Waals surface area contributed by atoms with Crippen LogP contribution in [0.5, 0.6) is 0 Å². The van der Waals surface area contributed by atoms with E-state index < -0.39 is 0 Å². The summed E-state index contributed by atoms with van der Waals surface area (Å²) in [7, 11) is 0. The standard InChI is InChI=1S/C18H25FN2O2/c1-11(2)10-23-18(22)12-5-15(6-12)21-8-13(9-21)16-4-3-14(20)7-17(16)19/h3-4,7,11-13,15H,5-6,8-10,20H2,1-2H3. The number of carbonyl (C=O) groups is 1. The maximum absolute atomic E-state index is 13.9. The van der Waals surface area contributed by atoms with E-state index >= 15 is 0 Å². The second-order valence-electron chi connectivity index (χ2n) is 7.28. The molecule has 0 unspecified atom stereocenters. The Hall–Kier alpha value is -1.62. The average Bonchev–Trinajstić information content (AvgIpc) is 2.38. The van der Waals surface area contributed by atoms with Crippen molar-refractivity contribution in [2.45, 2.75) is 38.6 Å². The van der Waals surface area contributed by atoms with Crippen LogP contribution in [-0.2, 0) is 9.53 Å². The fourth-order valence-electron chi connectivity index (χ4n) is 3.33. The fourth-order valence-corrected chi connectivity index (χ4v) is 3.33. The van der Waals surface area contributed by atoms with Gasteiger partial charge >= 0.3 is 5.97 Å². The Labute approximate surface area is 136 Å². The van der Waals surface area contributed by atoms with Crippen molar-refractivity contribution in [3.63, 3.8) is 0 Å². The van der Waals surface area contributed by atoms with Gasteiger partial charge in [-0.3, -0.25) is 9.69 Å². The molecule has 0 spiro atoms. The van der Waals surface area contributed by atoms with Crippen LogP contribution in [0.1, 0.15) is 38.2 Å². The summed E-state index contributed by atoms with van der Waals surface area (Å²) in [6, 6.07) is 5.38. The van der Waals surface area contributed by atoms with Crippen LogP contribution in [-0.4, -0.2) is 36.6 Å². The Morgan fingerprint density at radius 3 is 2.70 bits per heavy atom. The normalized spacial score (nSPS) is 25.0. The van der Waals surface area contributed by atoms with Crippen LogP contribution in [0.25, 0.3) is 0 Å². The van der Waals surface area contributed by atoms with E-state index in [1.807, 2.05) is 13.8 Å². The molecule has 5 heteroatoms. The molecule has 1 aromatic rings. The molecule has 1 saturated heterocycles. The molecule has 2 N–H and O–H groups in total. The molecule has 1 saturated carbocycles. The first-order valence-electron chi connectivity index (χ1n) is 8.39. The van der Waals surface area contributed by atoms with Crippen LogP contribution in [0.2, 0.25) is 0 Å². The fraction of sp³-hybridized carbons (Fsp3) is 0.611. The molecule has 1 aliphatic carbocycles. The first-order valence-corrected chi connectivity index (χ1v) is 8.39. The smallest absolute Gasteiger partial charge is 0.309 e. The number of benzene rings is 1. The van der Waals surface area contributed by atoms with Crippen molar-refractivity contribution < 1.29 is 13.9 Å². The maximum Gasteiger partial charge on any atom is 0.309 e. The van der Waals surface area contributed by atoms with Gasteiger partial charge in [0.05, 0.1) is 12.5 Å². The Bertz CT molecular complexity index is 578. The molecule has 1 aromatic carbocycles. The third-order valence-electron chi connectivity index (χ3n) is 4.90. The van der Waals surface area contributed by atoms with Gasteiger partial charge in [-0.05, 0) is 36.5 Å². The van der Waals surface area contributed by atoms with Crippen molar-refractivity contribution in [2.75, 3.05) is 25.4 Å². The lowest BCUT2D eigenvalue weighted by Crippen LogP contribution is -2.56. The molecule has 2 fully saturated rings. The van der Waals surface area contributed by atoms with Gasteiger partial charge in [-0.15, -0.1) is 0 Å². The molecule has 126 valence electrons. The van der Waals surface area contributed by atoms with Gasteiger partial charge in [-0.2, -0.15) is 0 Å². The number of carbonyl (C=O) groups excluding carboxylic acids is 1. The van der Waals surface area contributed by atoms with E-state index in [2.05, 4.69) is 4.90 Å². The van der Waals surface area contributed by atoms with Crippen molar-refractivity contribution in [3.05, 3.63) is 29.6 Å². The molecule has 0 radical (unpaired) electrons. The Kier molecular flexibility index (Phi) is 4.57. The van der Waals surface area contributed by atoms with Crippen molar-refractivity contribution in [1.82, 2.24) is 4.90 Å². The summed E-state index contributed by atoms with van der Waals surface area (Å²) in [6.07, 6.45) is 1.74. The highest BCUT2D eigenvalue weighted by Crippen LogP contribution is 2.39. The van der Waals surface area contributed by atoms with E-state index in [9.17, 15) is 9.18 Å². The van der Waals surface area contributed by atoms with Crippen LogP contribution < -0.4 is 5.73 Å². The predicted octanol–water partition coefficient (Wildman–Crippen LogP) is 2.78. The molecule has 1 heterocycles. The summed E-state index contributed by atoms with van der Waals surface area (Å²) >= 11 is 0. The highest BCUT2D eigenvalue weighted by molar-refractivity contribution is 5.73. The summed E-state index contributed by atoms with van der Waals surface area (Å²) in [5.74, 6) is 0.393. The molecule has 0 bridgehead atoms. The van der Waals surface area contributed by atoms with Crippen molar-refractivity contribution in [3.8, 4) is 0 Å². The lowest BCUT2D eigenvalue weighted by atomic mass is 9.76. The third kappa shape index (κ3) is 3.50. The van der Waals surface area contributed by atoms with Crippen molar-refractivity contribution >= 4 is 11.7 Å². The molecular weight excluding hydrogens is 295 g/mol. The van der Waals surface area contributed by atoms with Gasteiger partial charge in [0.2, 0.25) is 0 Å². The third-order valence-corrected chi connectivity index (χ3v) is 4.90. The molecular formula is C18H25FN2O2. The van der Waals surface area contributed by atoms with E-state index in [-0.39, 0.29) is 23.6 Å². The summed E-state index contributed by atoms with van der Waals surface area (Å²) in [4.78, 5) is 14.2. The number of nitrogens with zero attached hydrogens (tertiary/aromatic N) is 1. The van der Waals surface area contributed by atoms with E-state index in [1.54, 1.807) is 12.1 Å². The number of likely N-dealkylation sites (tertiary alicyclic amines) is 1. The van der Waals surface area contributed by atoms with Gasteiger partial charge in [-0.25, -0.2) is 4.39 Å². The minimum absolute atomic E-state index is 0.0473. The number of ether oxygens (including phenoxy) is 1. The second-order valence-corrected chi connectivity index (χ2v) is 7.28. The number of nitrogen functional groups attached to an aromatic ring is 1. The monoisotopic (exact) mass is 320 g/mol. The lowest BCUT2D eigenvalue weighted by Gasteiger charge is -2.50. The average molecular weight is 320 g/mol. The minimum atomic E-state index is -0.210. The van der Waals surface area contributed by atoms with E-state index in [4.69, 9.17) is 10.5 Å². The largest absolute Gasteiger partial charge is 0.465 e. The van der Waals surface area contributed by atoms with Crippen LogP contribution in [0.15, 0.2) is 18.2 Å². The molecule has 1 aliphatic heterocycles. The number of rotatable bonds is 5. The zero-order valence-electron chi connectivity index (χ0n) is 13.8. The Morgan fingerprint density at radius 2 is 2.09 bits per heavy atom. The molecule has 3 rings (SSSR count).